The molecular formula is C13H16O. The fraction of sp³-hybridized carbons (Fsp3) is 0.308. The second kappa shape index (κ2) is 5.38. The Balaban J connectivity index is 2.80. The molecule has 0 aliphatic rings. The fourth-order valence-corrected chi connectivity index (χ4v) is 1.52. The molecule has 14 heavy (non-hydrogen) atoms. The summed E-state index contributed by atoms with van der Waals surface area (Å²) in [6.07, 6.45) is 4.29. The van der Waals surface area contributed by atoms with E-state index in [9.17, 15) is 4.79 Å². The van der Waals surface area contributed by atoms with E-state index in [0.717, 1.165) is 12.7 Å². The lowest BCUT2D eigenvalue weighted by atomic mass is 9.92. The summed E-state index contributed by atoms with van der Waals surface area (Å²) >= 11 is 0. The van der Waals surface area contributed by atoms with E-state index in [4.69, 9.17) is 0 Å². The van der Waals surface area contributed by atoms with Crippen molar-refractivity contribution in [2.24, 2.45) is 0 Å². The summed E-state index contributed by atoms with van der Waals surface area (Å²) in [6, 6.07) is 8.34. The molecule has 0 saturated heterocycles. The number of carbonyl (C=O) groups excluding carboxylic acids is 1. The number of aryl methyl sites for hydroxylation is 1. The van der Waals surface area contributed by atoms with Crippen molar-refractivity contribution in [3.8, 4) is 0 Å². The summed E-state index contributed by atoms with van der Waals surface area (Å²) in [5, 5.41) is 0. The topological polar surface area (TPSA) is 17.1 Å². The minimum absolute atomic E-state index is 0.297. The first-order chi connectivity index (χ1) is 6.77. The molecule has 1 nitrogen and oxygen atoms in total. The Morgan fingerprint density at radius 1 is 1.29 bits per heavy atom. The average Bonchev–Trinajstić information content (AvgIpc) is 2.19. The SMILES string of the molecule is C=CCC(CC=O)c1ccc(C)cc1. The highest BCUT2D eigenvalue weighted by molar-refractivity contribution is 5.51. The molecule has 0 radical (unpaired) electrons. The highest BCUT2D eigenvalue weighted by Gasteiger charge is 2.08. The quantitative estimate of drug-likeness (QED) is 0.512. The first-order valence-corrected chi connectivity index (χ1v) is 4.89. The van der Waals surface area contributed by atoms with Gasteiger partial charge < -0.3 is 4.79 Å². The summed E-state index contributed by atoms with van der Waals surface area (Å²) in [5.74, 6) is 0.297. The van der Waals surface area contributed by atoms with Gasteiger partial charge in [-0.3, -0.25) is 0 Å². The predicted octanol–water partition coefficient (Wildman–Crippen LogP) is 3.24. The third-order valence-corrected chi connectivity index (χ3v) is 2.38. The number of rotatable bonds is 5. The molecule has 0 aromatic heterocycles. The molecule has 0 fully saturated rings. The lowest BCUT2D eigenvalue weighted by molar-refractivity contribution is -0.108. The van der Waals surface area contributed by atoms with Crippen LogP contribution < -0.4 is 0 Å². The lowest BCUT2D eigenvalue weighted by Crippen LogP contribution is -1.98. The van der Waals surface area contributed by atoms with Gasteiger partial charge in [-0.05, 0) is 24.8 Å². The van der Waals surface area contributed by atoms with Gasteiger partial charge >= 0.3 is 0 Å². The Bertz CT molecular complexity index is 288. The number of allylic oxidation sites excluding steroid dienone is 1. The molecule has 1 heteroatoms. The number of aldehydes is 1. The molecule has 1 aromatic carbocycles. The summed E-state index contributed by atoms with van der Waals surface area (Å²) in [7, 11) is 0. The standard InChI is InChI=1S/C13H16O/c1-3-4-12(9-10-14)13-7-5-11(2)6-8-13/h3,5-8,10,12H,1,4,9H2,2H3. The van der Waals surface area contributed by atoms with Gasteiger partial charge in [-0.2, -0.15) is 0 Å². The van der Waals surface area contributed by atoms with E-state index >= 15 is 0 Å². The van der Waals surface area contributed by atoms with Crippen LogP contribution in [0, 0.1) is 6.92 Å². The van der Waals surface area contributed by atoms with Crippen molar-refractivity contribution in [3.05, 3.63) is 48.0 Å². The van der Waals surface area contributed by atoms with E-state index in [1.54, 1.807) is 0 Å². The van der Waals surface area contributed by atoms with E-state index in [2.05, 4.69) is 37.8 Å². The van der Waals surface area contributed by atoms with Gasteiger partial charge in [0.2, 0.25) is 0 Å². The van der Waals surface area contributed by atoms with Gasteiger partial charge in [-0.25, -0.2) is 0 Å². The minimum atomic E-state index is 0.297. The summed E-state index contributed by atoms with van der Waals surface area (Å²) in [4.78, 5) is 10.5. The van der Waals surface area contributed by atoms with Crippen molar-refractivity contribution in [1.29, 1.82) is 0 Å². The van der Waals surface area contributed by atoms with E-state index in [-0.39, 0.29) is 0 Å². The third-order valence-electron chi connectivity index (χ3n) is 2.38. The van der Waals surface area contributed by atoms with E-state index in [1.807, 2.05) is 6.08 Å². The molecule has 0 amide bonds. The van der Waals surface area contributed by atoms with Gasteiger partial charge in [0.15, 0.2) is 0 Å². The van der Waals surface area contributed by atoms with Crippen LogP contribution in [0.1, 0.15) is 29.9 Å². The average molecular weight is 188 g/mol. The molecule has 1 atom stereocenters. The van der Waals surface area contributed by atoms with Crippen LogP contribution in [-0.4, -0.2) is 6.29 Å². The third kappa shape index (κ3) is 2.84. The van der Waals surface area contributed by atoms with Gasteiger partial charge in [-0.1, -0.05) is 35.9 Å². The van der Waals surface area contributed by atoms with E-state index in [1.165, 1.54) is 11.1 Å². The molecule has 1 rings (SSSR count). The normalized spacial score (nSPS) is 12.1. The first-order valence-electron chi connectivity index (χ1n) is 4.89. The van der Waals surface area contributed by atoms with Crippen molar-refractivity contribution in [1.82, 2.24) is 0 Å². The van der Waals surface area contributed by atoms with Crippen LogP contribution in [0.5, 0.6) is 0 Å². The smallest absolute Gasteiger partial charge is 0.120 e. The number of hydrogen-bond donors (Lipinski definition) is 0. The zero-order valence-corrected chi connectivity index (χ0v) is 8.57. The van der Waals surface area contributed by atoms with Gasteiger partial charge in [0.05, 0.1) is 0 Å². The number of carbonyl (C=O) groups is 1. The molecule has 74 valence electrons. The summed E-state index contributed by atoms with van der Waals surface area (Å²) in [6.45, 7) is 5.77. The van der Waals surface area contributed by atoms with E-state index < -0.39 is 0 Å². The van der Waals surface area contributed by atoms with Crippen molar-refractivity contribution in [2.45, 2.75) is 25.7 Å². The first kappa shape index (κ1) is 10.7. The summed E-state index contributed by atoms with van der Waals surface area (Å²) in [5.41, 5.74) is 2.47. The van der Waals surface area contributed by atoms with E-state index in [0.29, 0.717) is 12.3 Å². The van der Waals surface area contributed by atoms with Gasteiger partial charge in [0.25, 0.3) is 0 Å². The van der Waals surface area contributed by atoms with Crippen LogP contribution in [0.4, 0.5) is 0 Å². The van der Waals surface area contributed by atoms with Crippen molar-refractivity contribution >= 4 is 6.29 Å². The van der Waals surface area contributed by atoms with Gasteiger partial charge in [0.1, 0.15) is 6.29 Å². The van der Waals surface area contributed by atoms with Crippen molar-refractivity contribution < 1.29 is 4.79 Å². The maximum Gasteiger partial charge on any atom is 0.120 e. The predicted molar refractivity (Wildman–Crippen MR) is 59.4 cm³/mol. The van der Waals surface area contributed by atoms with Crippen molar-refractivity contribution in [2.75, 3.05) is 0 Å². The van der Waals surface area contributed by atoms with Crippen molar-refractivity contribution in [3.63, 3.8) is 0 Å². The van der Waals surface area contributed by atoms with Crippen LogP contribution in [-0.2, 0) is 4.79 Å². The highest BCUT2D eigenvalue weighted by atomic mass is 16.1. The van der Waals surface area contributed by atoms with Crippen LogP contribution in [0.15, 0.2) is 36.9 Å². The zero-order chi connectivity index (χ0) is 10.4. The lowest BCUT2D eigenvalue weighted by Gasteiger charge is -2.12. The second-order valence-corrected chi connectivity index (χ2v) is 3.53. The van der Waals surface area contributed by atoms with Crippen LogP contribution >= 0.6 is 0 Å². The Kier molecular flexibility index (Phi) is 4.11. The molecule has 1 aromatic rings. The molecule has 0 aliphatic heterocycles. The van der Waals surface area contributed by atoms with Crippen LogP contribution in [0.2, 0.25) is 0 Å². The molecule has 0 bridgehead atoms. The molecule has 0 spiro atoms. The Morgan fingerprint density at radius 2 is 1.93 bits per heavy atom. The Labute approximate surface area is 85.5 Å². The second-order valence-electron chi connectivity index (χ2n) is 3.53. The molecule has 1 unspecified atom stereocenters. The fourth-order valence-electron chi connectivity index (χ4n) is 1.52. The monoisotopic (exact) mass is 188 g/mol. The van der Waals surface area contributed by atoms with Crippen LogP contribution in [0.3, 0.4) is 0 Å². The molecule has 0 saturated carbocycles. The Hall–Kier alpha value is -1.37. The Morgan fingerprint density at radius 3 is 2.43 bits per heavy atom. The maximum absolute atomic E-state index is 10.5. The largest absolute Gasteiger partial charge is 0.303 e. The zero-order valence-electron chi connectivity index (χ0n) is 8.57. The molecule has 0 aliphatic carbocycles. The number of benzene rings is 1. The number of hydrogen-bond acceptors (Lipinski definition) is 1. The molecule has 0 heterocycles. The molecular weight excluding hydrogens is 172 g/mol. The highest BCUT2D eigenvalue weighted by Crippen LogP contribution is 2.22. The van der Waals surface area contributed by atoms with Gasteiger partial charge in [0, 0.05) is 6.42 Å². The van der Waals surface area contributed by atoms with Crippen LogP contribution in [0.25, 0.3) is 0 Å². The maximum atomic E-state index is 10.5. The molecule has 0 N–H and O–H groups in total. The minimum Gasteiger partial charge on any atom is -0.303 e. The summed E-state index contributed by atoms with van der Waals surface area (Å²) < 4.78 is 0. The van der Waals surface area contributed by atoms with Gasteiger partial charge in [-0.15, -0.1) is 6.58 Å².